The Morgan fingerprint density at radius 2 is 0.446 bits per heavy atom. The molecule has 0 heterocycles. The lowest BCUT2D eigenvalue weighted by molar-refractivity contribution is -0.167. The van der Waals surface area contributed by atoms with Crippen molar-refractivity contribution >= 4 is 17.9 Å². The molecule has 0 aliphatic carbocycles. The zero-order chi connectivity index (χ0) is 53.6. The van der Waals surface area contributed by atoms with Crippen LogP contribution in [0.4, 0.5) is 0 Å². The van der Waals surface area contributed by atoms with Crippen LogP contribution in [0.3, 0.4) is 0 Å². The van der Waals surface area contributed by atoms with Gasteiger partial charge in [0.1, 0.15) is 13.2 Å². The third-order valence-corrected chi connectivity index (χ3v) is 15.2. The quantitative estimate of drug-likeness (QED) is 0.0261. The van der Waals surface area contributed by atoms with E-state index in [0.717, 1.165) is 57.8 Å². The molecular weight excluding hydrogens is 913 g/mol. The van der Waals surface area contributed by atoms with Crippen molar-refractivity contribution in [3.05, 3.63) is 24.3 Å². The Morgan fingerprint density at radius 1 is 0.257 bits per heavy atom. The minimum absolute atomic E-state index is 0.0673. The van der Waals surface area contributed by atoms with Gasteiger partial charge in [0.2, 0.25) is 0 Å². The first-order valence-electron chi connectivity index (χ1n) is 33.3. The van der Waals surface area contributed by atoms with Gasteiger partial charge < -0.3 is 14.2 Å². The second-order valence-corrected chi connectivity index (χ2v) is 22.7. The third-order valence-electron chi connectivity index (χ3n) is 15.2. The Morgan fingerprint density at radius 3 is 0.676 bits per heavy atom. The maximum atomic E-state index is 12.8. The van der Waals surface area contributed by atoms with Gasteiger partial charge in [0, 0.05) is 19.3 Å². The normalized spacial score (nSPS) is 12.1. The molecule has 436 valence electrons. The molecule has 6 heteroatoms. The van der Waals surface area contributed by atoms with Crippen LogP contribution in [0.25, 0.3) is 0 Å². The minimum atomic E-state index is -0.767. The van der Waals surface area contributed by atoms with Crippen molar-refractivity contribution in [2.24, 2.45) is 0 Å². The third kappa shape index (κ3) is 60.8. The Kier molecular flexibility index (Phi) is 61.6. The van der Waals surface area contributed by atoms with Crippen molar-refractivity contribution < 1.29 is 28.6 Å². The lowest BCUT2D eigenvalue weighted by Crippen LogP contribution is -2.30. The van der Waals surface area contributed by atoms with Crippen LogP contribution in [-0.4, -0.2) is 37.2 Å². The first-order chi connectivity index (χ1) is 36.5. The number of esters is 3. The molecular formula is C68H128O6. The monoisotopic (exact) mass is 1040 g/mol. The molecule has 0 fully saturated rings. The molecule has 0 aliphatic rings. The van der Waals surface area contributed by atoms with Crippen molar-refractivity contribution in [2.75, 3.05) is 13.2 Å². The number of hydrogen-bond acceptors (Lipinski definition) is 6. The van der Waals surface area contributed by atoms with Gasteiger partial charge in [-0.2, -0.15) is 0 Å². The summed E-state index contributed by atoms with van der Waals surface area (Å²) in [6.07, 6.45) is 76.7. The number of carbonyl (C=O) groups excluding carboxylic acids is 3. The number of allylic oxidation sites excluding steroid dienone is 4. The van der Waals surface area contributed by atoms with Crippen LogP contribution in [0.1, 0.15) is 374 Å². The molecule has 0 aromatic heterocycles. The second-order valence-electron chi connectivity index (χ2n) is 22.7. The van der Waals surface area contributed by atoms with Crippen LogP contribution in [0.5, 0.6) is 0 Å². The standard InChI is InChI=1S/C68H128O6/c1-4-7-10-13-16-18-20-22-24-26-28-30-31-32-33-34-35-36-37-39-40-42-44-46-48-50-52-55-58-61-67(70)73-64-65(63-72-66(69)60-57-54-15-12-9-6-3)74-68(71)62-59-56-53-51-49-47-45-43-41-38-29-27-25-23-21-19-17-14-11-8-5-2/h26-29,65H,4-25,30-64H2,1-3H3/b28-26-,29-27-. The van der Waals surface area contributed by atoms with Crippen LogP contribution in [0, 0.1) is 0 Å². The van der Waals surface area contributed by atoms with Crippen molar-refractivity contribution in [1.82, 2.24) is 0 Å². The average molecular weight is 1040 g/mol. The molecule has 0 rings (SSSR count). The molecule has 0 N–H and O–H groups in total. The zero-order valence-corrected chi connectivity index (χ0v) is 50.1. The molecule has 0 radical (unpaired) electrons. The van der Waals surface area contributed by atoms with Gasteiger partial charge >= 0.3 is 17.9 Å². The Hall–Kier alpha value is -2.11. The van der Waals surface area contributed by atoms with Crippen molar-refractivity contribution in [3.8, 4) is 0 Å². The first-order valence-corrected chi connectivity index (χ1v) is 33.3. The lowest BCUT2D eigenvalue weighted by Gasteiger charge is -2.18. The van der Waals surface area contributed by atoms with E-state index in [0.29, 0.717) is 19.3 Å². The molecule has 0 bridgehead atoms. The van der Waals surface area contributed by atoms with Gasteiger partial charge in [0.05, 0.1) is 0 Å². The fourth-order valence-corrected chi connectivity index (χ4v) is 10.1. The van der Waals surface area contributed by atoms with Gasteiger partial charge in [-0.3, -0.25) is 14.4 Å². The lowest BCUT2D eigenvalue weighted by atomic mass is 10.0. The van der Waals surface area contributed by atoms with E-state index in [1.165, 1.54) is 276 Å². The van der Waals surface area contributed by atoms with Gasteiger partial charge in [-0.1, -0.05) is 308 Å². The summed E-state index contributed by atoms with van der Waals surface area (Å²) in [4.78, 5) is 38.0. The Labute approximate surface area is 462 Å². The predicted octanol–water partition coefficient (Wildman–Crippen LogP) is 22.6. The summed E-state index contributed by atoms with van der Waals surface area (Å²) in [6.45, 7) is 6.64. The molecule has 1 unspecified atom stereocenters. The summed E-state index contributed by atoms with van der Waals surface area (Å²) in [6, 6.07) is 0. The molecule has 0 saturated heterocycles. The van der Waals surface area contributed by atoms with Crippen molar-refractivity contribution in [1.29, 1.82) is 0 Å². The van der Waals surface area contributed by atoms with Gasteiger partial charge in [-0.25, -0.2) is 0 Å². The van der Waals surface area contributed by atoms with E-state index < -0.39 is 6.10 Å². The van der Waals surface area contributed by atoms with Crippen LogP contribution in [0.2, 0.25) is 0 Å². The van der Waals surface area contributed by atoms with Gasteiger partial charge in [-0.15, -0.1) is 0 Å². The van der Waals surface area contributed by atoms with Crippen molar-refractivity contribution in [3.63, 3.8) is 0 Å². The number of ether oxygens (including phenoxy) is 3. The van der Waals surface area contributed by atoms with E-state index >= 15 is 0 Å². The first kappa shape index (κ1) is 71.9. The van der Waals surface area contributed by atoms with E-state index in [9.17, 15) is 14.4 Å². The SMILES string of the molecule is CCCCCCCCCC/C=C\CCCCCCCCCCCCCCCCCCCC(=O)OCC(COC(=O)CCCCCCCC)OC(=O)CCCCCCCCCCC/C=C\CCCCCCCCCC. The van der Waals surface area contributed by atoms with Gasteiger partial charge in [0.15, 0.2) is 6.10 Å². The van der Waals surface area contributed by atoms with Crippen LogP contribution >= 0.6 is 0 Å². The van der Waals surface area contributed by atoms with Crippen LogP contribution in [-0.2, 0) is 28.6 Å². The summed E-state index contributed by atoms with van der Waals surface area (Å²) in [7, 11) is 0. The molecule has 6 nitrogen and oxygen atoms in total. The van der Waals surface area contributed by atoms with E-state index in [4.69, 9.17) is 14.2 Å². The highest BCUT2D eigenvalue weighted by atomic mass is 16.6. The fraction of sp³-hybridized carbons (Fsp3) is 0.897. The molecule has 0 aliphatic heterocycles. The van der Waals surface area contributed by atoms with Gasteiger partial charge in [0.25, 0.3) is 0 Å². The van der Waals surface area contributed by atoms with E-state index in [-0.39, 0.29) is 31.1 Å². The highest BCUT2D eigenvalue weighted by Gasteiger charge is 2.19. The fourth-order valence-electron chi connectivity index (χ4n) is 10.1. The molecule has 74 heavy (non-hydrogen) atoms. The minimum Gasteiger partial charge on any atom is -0.462 e. The molecule has 0 aromatic rings. The van der Waals surface area contributed by atoms with Crippen LogP contribution < -0.4 is 0 Å². The summed E-state index contributed by atoms with van der Waals surface area (Å²) in [5.41, 5.74) is 0. The molecule has 0 amide bonds. The predicted molar refractivity (Wildman–Crippen MR) is 321 cm³/mol. The highest BCUT2D eigenvalue weighted by Crippen LogP contribution is 2.18. The van der Waals surface area contributed by atoms with Gasteiger partial charge in [-0.05, 0) is 70.6 Å². The number of rotatable bonds is 62. The highest BCUT2D eigenvalue weighted by molar-refractivity contribution is 5.71. The number of carbonyl (C=O) groups is 3. The van der Waals surface area contributed by atoms with Crippen molar-refractivity contribution in [2.45, 2.75) is 380 Å². The molecule has 0 aromatic carbocycles. The summed E-state index contributed by atoms with van der Waals surface area (Å²) in [5.74, 6) is -0.855. The summed E-state index contributed by atoms with van der Waals surface area (Å²) in [5, 5.41) is 0. The topological polar surface area (TPSA) is 78.9 Å². The van der Waals surface area contributed by atoms with E-state index in [2.05, 4.69) is 45.1 Å². The maximum Gasteiger partial charge on any atom is 0.306 e. The Bertz CT molecular complexity index is 1190. The number of hydrogen-bond donors (Lipinski definition) is 0. The van der Waals surface area contributed by atoms with Crippen LogP contribution in [0.15, 0.2) is 24.3 Å². The summed E-state index contributed by atoms with van der Waals surface area (Å²) < 4.78 is 16.8. The molecule has 1 atom stereocenters. The molecule has 0 saturated carbocycles. The van der Waals surface area contributed by atoms with E-state index in [1.54, 1.807) is 0 Å². The second kappa shape index (κ2) is 63.4. The Balaban J connectivity index is 3.99. The van der Waals surface area contributed by atoms with E-state index in [1.807, 2.05) is 0 Å². The number of unbranched alkanes of at least 4 members (excludes halogenated alkanes) is 47. The largest absolute Gasteiger partial charge is 0.462 e. The average Bonchev–Trinajstić information content (AvgIpc) is 3.40. The maximum absolute atomic E-state index is 12.8. The zero-order valence-electron chi connectivity index (χ0n) is 50.1. The molecule has 0 spiro atoms. The summed E-state index contributed by atoms with van der Waals surface area (Å²) >= 11 is 0. The smallest absolute Gasteiger partial charge is 0.306 e.